The van der Waals surface area contributed by atoms with Crippen molar-refractivity contribution in [1.82, 2.24) is 0 Å². The predicted molar refractivity (Wildman–Crippen MR) is 172 cm³/mol. The van der Waals surface area contributed by atoms with Crippen LogP contribution in [0.25, 0.3) is 0 Å². The van der Waals surface area contributed by atoms with Gasteiger partial charge in [0.05, 0.1) is 12.3 Å². The van der Waals surface area contributed by atoms with E-state index in [-0.39, 0.29) is 48.2 Å². The molecule has 0 radical (unpaired) electrons. The molecule has 0 spiro atoms. The molecule has 12 nitrogen and oxygen atoms in total. The minimum atomic E-state index is -4.07. The number of phenols is 2. The van der Waals surface area contributed by atoms with Gasteiger partial charge in [0.1, 0.15) is 35.8 Å². The lowest BCUT2D eigenvalue weighted by Crippen LogP contribution is -2.04. The number of aromatic hydroxyl groups is 2. The molecule has 0 aromatic heterocycles. The third-order valence-corrected chi connectivity index (χ3v) is 10.7. The average molecular weight is 681 g/mol. The van der Waals surface area contributed by atoms with Crippen LogP contribution in [0.15, 0.2) is 24.3 Å². The number of hydrogen-bond donors (Lipinski definition) is 4. The summed E-state index contributed by atoms with van der Waals surface area (Å²) in [5.41, 5.74) is 7.16. The van der Waals surface area contributed by atoms with Gasteiger partial charge in [0.25, 0.3) is 0 Å². The molecule has 4 N–H and O–H groups in total. The first kappa shape index (κ1) is 37.2. The molecular weight excluding hydrogens is 638 g/mol. The number of carbonyl (C=O) groups is 2. The van der Waals surface area contributed by atoms with Crippen molar-refractivity contribution < 1.29 is 57.2 Å². The first-order valence-electron chi connectivity index (χ1n) is 14.8. The molecule has 252 valence electrons. The van der Waals surface area contributed by atoms with Gasteiger partial charge in [-0.25, -0.2) is 9.59 Å². The topological polar surface area (TPSA) is 186 Å². The van der Waals surface area contributed by atoms with Gasteiger partial charge in [-0.1, -0.05) is 38.2 Å². The van der Waals surface area contributed by atoms with Crippen LogP contribution in [0.3, 0.4) is 0 Å². The predicted octanol–water partition coefficient (Wildman–Crippen LogP) is 5.73. The van der Waals surface area contributed by atoms with E-state index in [4.69, 9.17) is 28.3 Å². The van der Waals surface area contributed by atoms with Gasteiger partial charge in [0.2, 0.25) is 0 Å². The molecule has 0 unspecified atom stereocenters. The maximum Gasteiger partial charge on any atom is 0.342 e. The summed E-state index contributed by atoms with van der Waals surface area (Å²) in [7, 11) is -4.48. The lowest BCUT2D eigenvalue weighted by atomic mass is 9.89. The normalized spacial score (nSPS) is 14.3. The van der Waals surface area contributed by atoms with Crippen molar-refractivity contribution in [3.63, 3.8) is 0 Å². The van der Waals surface area contributed by atoms with Gasteiger partial charge in [-0.3, -0.25) is 9.13 Å². The van der Waals surface area contributed by atoms with Gasteiger partial charge in [0, 0.05) is 36.5 Å². The van der Waals surface area contributed by atoms with Crippen LogP contribution in [0.2, 0.25) is 0 Å². The van der Waals surface area contributed by atoms with Crippen LogP contribution < -0.4 is 0 Å². The number of allylic oxidation sites excluding steroid dienone is 4. The highest BCUT2D eigenvalue weighted by Crippen LogP contribution is 2.46. The number of rotatable bonds is 12. The Bertz CT molecular complexity index is 1640. The molecule has 0 bridgehead atoms. The van der Waals surface area contributed by atoms with E-state index >= 15 is 0 Å². The van der Waals surface area contributed by atoms with E-state index < -0.39 is 27.1 Å². The molecule has 0 atom stereocenters. The van der Waals surface area contributed by atoms with Crippen LogP contribution in [0.5, 0.6) is 11.5 Å². The summed E-state index contributed by atoms with van der Waals surface area (Å²) in [5.74, 6) is -1.11. The van der Waals surface area contributed by atoms with E-state index in [1.165, 1.54) is 20.3 Å². The van der Waals surface area contributed by atoms with Gasteiger partial charge in [-0.2, -0.15) is 0 Å². The van der Waals surface area contributed by atoms with E-state index in [0.717, 1.165) is 39.8 Å². The van der Waals surface area contributed by atoms with E-state index in [0.29, 0.717) is 30.4 Å². The largest absolute Gasteiger partial charge is 0.507 e. The molecule has 0 aliphatic carbocycles. The Morgan fingerprint density at radius 2 is 1.09 bits per heavy atom. The first-order valence-corrected chi connectivity index (χ1v) is 18.3. The molecule has 2 aliphatic rings. The molecule has 2 aromatic rings. The van der Waals surface area contributed by atoms with Gasteiger partial charge >= 0.3 is 27.1 Å². The number of cyclic esters (lactones) is 2. The van der Waals surface area contributed by atoms with E-state index in [1.807, 2.05) is 27.7 Å². The summed E-state index contributed by atoms with van der Waals surface area (Å²) < 4.78 is 42.6. The van der Waals surface area contributed by atoms with Gasteiger partial charge in [0.15, 0.2) is 0 Å². The second-order valence-electron chi connectivity index (χ2n) is 10.8. The standard InChI is InChI=1S/C17H23O6P.C15H19O6P/c1-5-12-11(2)14-10-23-17(19)15(14)16(18)13(12)8-6-7-9-24(20,21-3)22-4;1-3-10-9(2)12-8-21-15(17)13(12)14(16)11(10)6-4-5-7-22(18,19)20/h6-7,18H,5,8-10H2,1-4H3;4-5,16H,3,6-8H2,1-2H3,(H2,18,19,20)/b7-6+;5-4+. The highest BCUT2D eigenvalue weighted by atomic mass is 31.2. The van der Waals surface area contributed by atoms with Crippen molar-refractivity contribution in [3.8, 4) is 11.5 Å². The third-order valence-electron chi connectivity index (χ3n) is 8.20. The number of ether oxygens (including phenoxy) is 2. The maximum absolute atomic E-state index is 12.0. The van der Waals surface area contributed by atoms with E-state index in [9.17, 15) is 28.9 Å². The fourth-order valence-electron chi connectivity index (χ4n) is 5.72. The highest BCUT2D eigenvalue weighted by Gasteiger charge is 2.32. The highest BCUT2D eigenvalue weighted by molar-refractivity contribution is 7.54. The number of fused-ring (bicyclic) bond motifs is 2. The molecule has 4 rings (SSSR count). The molecule has 2 aliphatic heterocycles. The SMILES string of the molecule is CCc1c(C)c2c(c(O)c1C/C=C/CP(=O)(O)O)C(=O)OC2.CCc1c(C)c2c(c(O)c1C/C=C/CP(=O)(OC)OC)C(=O)OC2. The van der Waals surface area contributed by atoms with Crippen LogP contribution >= 0.6 is 15.2 Å². The number of carbonyl (C=O) groups excluding carboxylic acids is 2. The van der Waals surface area contributed by atoms with Crippen molar-refractivity contribution in [3.05, 3.63) is 79.9 Å². The second kappa shape index (κ2) is 15.6. The number of phenolic OH excluding ortho intramolecular Hbond substituents is 2. The van der Waals surface area contributed by atoms with Crippen LogP contribution in [0, 0.1) is 13.8 Å². The Hall–Kier alpha value is -3.24. The Morgan fingerprint density at radius 3 is 1.43 bits per heavy atom. The Labute approximate surface area is 268 Å². The smallest absolute Gasteiger partial charge is 0.342 e. The molecule has 0 saturated heterocycles. The summed E-state index contributed by atoms with van der Waals surface area (Å²) in [6.07, 6.45) is 8.43. The average Bonchev–Trinajstić information content (AvgIpc) is 3.61. The van der Waals surface area contributed by atoms with Gasteiger partial charge in [-0.05, 0) is 61.8 Å². The van der Waals surface area contributed by atoms with Crippen molar-refractivity contribution in [1.29, 1.82) is 0 Å². The summed E-state index contributed by atoms with van der Waals surface area (Å²) in [6, 6.07) is 0. The molecule has 2 heterocycles. The molecule has 0 saturated carbocycles. The Morgan fingerprint density at radius 1 is 0.696 bits per heavy atom. The fourth-order valence-corrected chi connectivity index (χ4v) is 7.00. The van der Waals surface area contributed by atoms with E-state index in [2.05, 4.69) is 0 Å². The van der Waals surface area contributed by atoms with Crippen LogP contribution in [-0.2, 0) is 66.5 Å². The summed E-state index contributed by atoms with van der Waals surface area (Å²) in [5, 5.41) is 20.9. The minimum absolute atomic E-state index is 0.0127. The summed E-state index contributed by atoms with van der Waals surface area (Å²) in [4.78, 5) is 41.3. The van der Waals surface area contributed by atoms with Crippen LogP contribution in [0.4, 0.5) is 0 Å². The lowest BCUT2D eigenvalue weighted by Gasteiger charge is -2.16. The maximum atomic E-state index is 12.0. The Balaban J connectivity index is 0.000000251. The van der Waals surface area contributed by atoms with Crippen LogP contribution in [0.1, 0.15) is 79.1 Å². The molecular formula is C32H42O12P2. The van der Waals surface area contributed by atoms with E-state index in [1.54, 1.807) is 18.2 Å². The summed E-state index contributed by atoms with van der Waals surface area (Å²) in [6.45, 7) is 8.17. The fraction of sp³-hybridized carbons (Fsp3) is 0.438. The Kier molecular flexibility index (Phi) is 12.6. The number of hydrogen-bond acceptors (Lipinski definition) is 10. The molecule has 14 heteroatoms. The third kappa shape index (κ3) is 8.18. The van der Waals surface area contributed by atoms with Crippen LogP contribution in [-0.4, -0.2) is 58.5 Å². The minimum Gasteiger partial charge on any atom is -0.507 e. The summed E-state index contributed by atoms with van der Waals surface area (Å²) >= 11 is 0. The van der Waals surface area contributed by atoms with Gasteiger partial charge in [-0.15, -0.1) is 0 Å². The quantitative estimate of drug-likeness (QED) is 0.121. The zero-order valence-corrected chi connectivity index (χ0v) is 28.7. The second-order valence-corrected chi connectivity index (χ2v) is 14.8. The van der Waals surface area contributed by atoms with Gasteiger partial charge < -0.3 is 38.5 Å². The van der Waals surface area contributed by atoms with Crippen molar-refractivity contribution in [2.45, 2.75) is 66.6 Å². The molecule has 0 amide bonds. The van der Waals surface area contributed by atoms with Crippen molar-refractivity contribution in [2.75, 3.05) is 26.5 Å². The first-order chi connectivity index (χ1) is 21.6. The van der Waals surface area contributed by atoms with Crippen molar-refractivity contribution in [2.24, 2.45) is 0 Å². The number of benzene rings is 2. The van der Waals surface area contributed by atoms with Crippen molar-refractivity contribution >= 4 is 27.1 Å². The zero-order valence-electron chi connectivity index (χ0n) is 26.9. The lowest BCUT2D eigenvalue weighted by molar-refractivity contribution is 0.0523. The molecule has 0 fully saturated rings. The zero-order chi connectivity index (χ0) is 34.4. The number of esters is 2. The molecule has 2 aromatic carbocycles. The monoisotopic (exact) mass is 680 g/mol. The molecule has 46 heavy (non-hydrogen) atoms.